The first-order chi connectivity index (χ1) is 10.0. The summed E-state index contributed by atoms with van der Waals surface area (Å²) in [6.07, 6.45) is -4.62. The smallest absolute Gasteiger partial charge is 0.405 e. The SMILES string of the molecule is Cl.Cl.N#CC[C@H](c1ccccc1OC(F)(F)F)N1CCNCC1. The first-order valence-corrected chi connectivity index (χ1v) is 6.67. The van der Waals surface area contributed by atoms with Crippen LogP contribution in [0.15, 0.2) is 24.3 Å². The van der Waals surface area contributed by atoms with E-state index in [1.165, 1.54) is 12.1 Å². The highest BCUT2D eigenvalue weighted by Gasteiger charge is 2.34. The normalized spacial score (nSPS) is 16.4. The number of piperazine rings is 1. The topological polar surface area (TPSA) is 48.3 Å². The second-order valence-electron chi connectivity index (χ2n) is 4.75. The van der Waals surface area contributed by atoms with Crippen molar-refractivity contribution < 1.29 is 17.9 Å². The highest BCUT2D eigenvalue weighted by molar-refractivity contribution is 5.85. The van der Waals surface area contributed by atoms with E-state index in [1.807, 2.05) is 4.90 Å². The lowest BCUT2D eigenvalue weighted by Crippen LogP contribution is -2.45. The van der Waals surface area contributed by atoms with Gasteiger partial charge in [-0.1, -0.05) is 18.2 Å². The van der Waals surface area contributed by atoms with E-state index in [9.17, 15) is 13.2 Å². The number of para-hydroxylation sites is 1. The molecule has 1 aliphatic rings. The molecule has 4 nitrogen and oxygen atoms in total. The van der Waals surface area contributed by atoms with E-state index in [0.29, 0.717) is 18.7 Å². The first-order valence-electron chi connectivity index (χ1n) is 6.67. The van der Waals surface area contributed by atoms with Gasteiger partial charge in [0, 0.05) is 31.7 Å². The molecular weight excluding hydrogens is 354 g/mol. The van der Waals surface area contributed by atoms with Crippen LogP contribution in [0, 0.1) is 11.3 Å². The zero-order valence-corrected chi connectivity index (χ0v) is 13.8. The van der Waals surface area contributed by atoms with Crippen LogP contribution in [0.4, 0.5) is 13.2 Å². The molecule has 130 valence electrons. The fourth-order valence-electron chi connectivity index (χ4n) is 2.49. The lowest BCUT2D eigenvalue weighted by atomic mass is 10.0. The molecule has 23 heavy (non-hydrogen) atoms. The second-order valence-corrected chi connectivity index (χ2v) is 4.75. The Kier molecular flexibility index (Phi) is 9.32. The number of benzene rings is 1. The van der Waals surface area contributed by atoms with Crippen LogP contribution in [-0.2, 0) is 0 Å². The number of alkyl halides is 3. The van der Waals surface area contributed by atoms with Crippen LogP contribution in [0.3, 0.4) is 0 Å². The monoisotopic (exact) mass is 371 g/mol. The number of hydrogen-bond acceptors (Lipinski definition) is 4. The van der Waals surface area contributed by atoms with Gasteiger partial charge in [0.15, 0.2) is 0 Å². The van der Waals surface area contributed by atoms with Gasteiger partial charge in [-0.25, -0.2) is 0 Å². The van der Waals surface area contributed by atoms with Crippen LogP contribution < -0.4 is 10.1 Å². The number of hydrogen-bond donors (Lipinski definition) is 1. The summed E-state index contributed by atoms with van der Waals surface area (Å²) < 4.78 is 41.6. The van der Waals surface area contributed by atoms with Gasteiger partial charge in [-0.05, 0) is 6.07 Å². The Morgan fingerprint density at radius 1 is 1.22 bits per heavy atom. The van der Waals surface area contributed by atoms with Gasteiger partial charge in [0.05, 0.1) is 18.5 Å². The maximum Gasteiger partial charge on any atom is 0.573 e. The molecule has 1 aromatic rings. The molecule has 1 atom stereocenters. The zero-order valence-electron chi connectivity index (χ0n) is 12.2. The largest absolute Gasteiger partial charge is 0.573 e. The fraction of sp³-hybridized carbons (Fsp3) is 0.500. The Bertz CT molecular complexity index is 517. The number of nitrogens with zero attached hydrogens (tertiary/aromatic N) is 2. The molecule has 2 rings (SSSR count). The van der Waals surface area contributed by atoms with Crippen LogP contribution in [0.2, 0.25) is 0 Å². The third-order valence-corrected chi connectivity index (χ3v) is 3.38. The first kappa shape index (κ1) is 21.8. The van der Waals surface area contributed by atoms with Crippen LogP contribution in [0.5, 0.6) is 5.75 Å². The molecule has 0 aromatic heterocycles. The van der Waals surface area contributed by atoms with Gasteiger partial charge in [-0.3, -0.25) is 4.90 Å². The summed E-state index contributed by atoms with van der Waals surface area (Å²) in [5.41, 5.74) is 0.401. The highest BCUT2D eigenvalue weighted by Crippen LogP contribution is 2.34. The predicted molar refractivity (Wildman–Crippen MR) is 85.0 cm³/mol. The number of halogens is 5. The van der Waals surface area contributed by atoms with Gasteiger partial charge in [0.2, 0.25) is 0 Å². The molecule has 1 N–H and O–H groups in total. The maximum absolute atomic E-state index is 12.5. The van der Waals surface area contributed by atoms with Gasteiger partial charge in [0.25, 0.3) is 0 Å². The molecule has 0 bridgehead atoms. The molecule has 1 saturated heterocycles. The minimum atomic E-state index is -4.74. The number of ether oxygens (including phenoxy) is 1. The summed E-state index contributed by atoms with van der Waals surface area (Å²) in [7, 11) is 0. The fourth-order valence-corrected chi connectivity index (χ4v) is 2.49. The van der Waals surface area contributed by atoms with Crippen molar-refractivity contribution in [1.82, 2.24) is 10.2 Å². The van der Waals surface area contributed by atoms with E-state index in [2.05, 4.69) is 16.1 Å². The van der Waals surface area contributed by atoms with Crippen molar-refractivity contribution in [2.45, 2.75) is 18.8 Å². The molecule has 1 aromatic carbocycles. The summed E-state index contributed by atoms with van der Waals surface area (Å²) >= 11 is 0. The van der Waals surface area contributed by atoms with Crippen LogP contribution in [0.1, 0.15) is 18.0 Å². The van der Waals surface area contributed by atoms with Crippen molar-refractivity contribution >= 4 is 24.8 Å². The molecule has 0 unspecified atom stereocenters. The van der Waals surface area contributed by atoms with Crippen molar-refractivity contribution in [3.05, 3.63) is 29.8 Å². The average molecular weight is 372 g/mol. The standard InChI is InChI=1S/C14H16F3N3O.2ClH/c15-14(16,17)21-13-4-2-1-3-11(13)12(5-6-18)20-9-7-19-8-10-20;;/h1-4,12,19H,5,7-10H2;2*1H/t12-;;/m1../s1. The average Bonchev–Trinajstić information content (AvgIpc) is 2.45. The molecular formula is C14H18Cl2F3N3O. The molecule has 0 saturated carbocycles. The van der Waals surface area contributed by atoms with E-state index < -0.39 is 12.4 Å². The van der Waals surface area contributed by atoms with Gasteiger partial charge in [0.1, 0.15) is 5.75 Å². The summed E-state index contributed by atoms with van der Waals surface area (Å²) in [5.74, 6) is -0.233. The molecule has 0 amide bonds. The van der Waals surface area contributed by atoms with Gasteiger partial charge >= 0.3 is 6.36 Å². The Balaban J connectivity index is 0.00000242. The molecule has 1 heterocycles. The Morgan fingerprint density at radius 3 is 2.39 bits per heavy atom. The number of nitriles is 1. The molecule has 0 aliphatic carbocycles. The van der Waals surface area contributed by atoms with Crippen LogP contribution in [0.25, 0.3) is 0 Å². The third kappa shape index (κ3) is 6.43. The lowest BCUT2D eigenvalue weighted by molar-refractivity contribution is -0.275. The van der Waals surface area contributed by atoms with Crippen molar-refractivity contribution in [2.75, 3.05) is 26.2 Å². The van der Waals surface area contributed by atoms with Crippen LogP contribution in [-0.4, -0.2) is 37.4 Å². The van der Waals surface area contributed by atoms with Gasteiger partial charge in [-0.15, -0.1) is 38.0 Å². The summed E-state index contributed by atoms with van der Waals surface area (Å²) in [5, 5.41) is 12.2. The summed E-state index contributed by atoms with van der Waals surface area (Å²) in [6, 6.07) is 7.69. The van der Waals surface area contributed by atoms with Crippen molar-refractivity contribution in [2.24, 2.45) is 0 Å². The zero-order chi connectivity index (χ0) is 15.3. The summed E-state index contributed by atoms with van der Waals surface area (Å²) in [6.45, 7) is 2.88. The highest BCUT2D eigenvalue weighted by atomic mass is 35.5. The van der Waals surface area contributed by atoms with Gasteiger partial charge in [-0.2, -0.15) is 5.26 Å². The Morgan fingerprint density at radius 2 is 1.83 bits per heavy atom. The minimum Gasteiger partial charge on any atom is -0.405 e. The Labute approximate surface area is 145 Å². The summed E-state index contributed by atoms with van der Waals surface area (Å²) in [4.78, 5) is 2.01. The lowest BCUT2D eigenvalue weighted by Gasteiger charge is -2.34. The maximum atomic E-state index is 12.5. The molecule has 9 heteroatoms. The van der Waals surface area contributed by atoms with Crippen molar-refractivity contribution in [1.29, 1.82) is 5.26 Å². The van der Waals surface area contributed by atoms with Crippen LogP contribution >= 0.6 is 24.8 Å². The molecule has 1 aliphatic heterocycles. The van der Waals surface area contributed by atoms with E-state index in [1.54, 1.807) is 12.1 Å². The van der Waals surface area contributed by atoms with Crippen molar-refractivity contribution in [3.63, 3.8) is 0 Å². The van der Waals surface area contributed by atoms with Gasteiger partial charge < -0.3 is 10.1 Å². The number of nitrogens with one attached hydrogen (secondary N) is 1. The second kappa shape index (κ2) is 9.83. The molecule has 0 spiro atoms. The minimum absolute atomic E-state index is 0. The third-order valence-electron chi connectivity index (χ3n) is 3.38. The van der Waals surface area contributed by atoms with E-state index in [4.69, 9.17) is 5.26 Å². The Hall–Kier alpha value is -1.20. The van der Waals surface area contributed by atoms with Crippen molar-refractivity contribution in [3.8, 4) is 11.8 Å². The predicted octanol–water partition coefficient (Wildman–Crippen LogP) is 3.29. The van der Waals surface area contributed by atoms with E-state index >= 15 is 0 Å². The molecule has 1 fully saturated rings. The van der Waals surface area contributed by atoms with E-state index in [0.717, 1.165) is 13.1 Å². The van der Waals surface area contributed by atoms with E-state index in [-0.39, 0.29) is 37.0 Å². The number of rotatable bonds is 4. The quantitative estimate of drug-likeness (QED) is 0.881. The molecule has 0 radical (unpaired) electrons.